The maximum atomic E-state index is 12.4. The van der Waals surface area contributed by atoms with E-state index < -0.39 is 0 Å². The second-order valence-corrected chi connectivity index (χ2v) is 8.12. The molecule has 7 heteroatoms. The molecule has 4 rings (SSSR count). The molecule has 0 spiro atoms. The summed E-state index contributed by atoms with van der Waals surface area (Å²) in [5.41, 5.74) is 2.15. The van der Waals surface area contributed by atoms with Crippen LogP contribution >= 0.6 is 11.8 Å². The highest BCUT2D eigenvalue weighted by atomic mass is 32.2. The van der Waals surface area contributed by atoms with Crippen molar-refractivity contribution in [2.75, 3.05) is 18.8 Å². The number of ether oxygens (including phenoxy) is 1. The second kappa shape index (κ2) is 8.69. The van der Waals surface area contributed by atoms with E-state index in [0.29, 0.717) is 32.5 Å². The van der Waals surface area contributed by atoms with Gasteiger partial charge in [-0.15, -0.1) is 0 Å². The van der Waals surface area contributed by atoms with Crippen LogP contribution in [0.25, 0.3) is 0 Å². The molecular formula is C22H22N2O4S. The summed E-state index contributed by atoms with van der Waals surface area (Å²) >= 11 is 1.03. The van der Waals surface area contributed by atoms with Gasteiger partial charge >= 0.3 is 0 Å². The number of rotatable bonds is 7. The van der Waals surface area contributed by atoms with Crippen LogP contribution in [-0.2, 0) is 22.6 Å². The first-order valence-electron chi connectivity index (χ1n) is 9.62. The molecular weight excluding hydrogens is 388 g/mol. The minimum absolute atomic E-state index is 0.0450. The average Bonchev–Trinajstić information content (AvgIpc) is 3.03. The lowest BCUT2D eigenvalue weighted by Gasteiger charge is -2.42. The molecule has 29 heavy (non-hydrogen) atoms. The minimum Gasteiger partial charge on any atom is -0.489 e. The Hall–Kier alpha value is -2.80. The molecule has 2 aromatic rings. The van der Waals surface area contributed by atoms with Gasteiger partial charge in [-0.05, 0) is 29.7 Å². The lowest BCUT2D eigenvalue weighted by Crippen LogP contribution is -2.62. The molecule has 6 nitrogen and oxygen atoms in total. The van der Waals surface area contributed by atoms with E-state index in [2.05, 4.69) is 0 Å². The SMILES string of the molecule is O=C(CCc1cccc(OCc2ccccc2)c1)N1CC(N2C(=O)CSC2=O)C1. The molecule has 0 N–H and O–H groups in total. The van der Waals surface area contributed by atoms with Gasteiger partial charge in [0.1, 0.15) is 12.4 Å². The summed E-state index contributed by atoms with van der Waals surface area (Å²) in [6.07, 6.45) is 1.02. The first kappa shape index (κ1) is 19.5. The predicted octanol–water partition coefficient (Wildman–Crippen LogP) is 3.10. The Kier molecular flexibility index (Phi) is 5.85. The van der Waals surface area contributed by atoms with Crippen LogP contribution in [0.3, 0.4) is 0 Å². The average molecular weight is 410 g/mol. The Morgan fingerprint density at radius 2 is 1.79 bits per heavy atom. The van der Waals surface area contributed by atoms with Crippen molar-refractivity contribution in [3.8, 4) is 5.75 Å². The molecule has 2 saturated heterocycles. The third kappa shape index (κ3) is 4.62. The Bertz CT molecular complexity index is 896. The van der Waals surface area contributed by atoms with Crippen molar-refractivity contribution in [2.45, 2.75) is 25.5 Å². The zero-order chi connectivity index (χ0) is 20.2. The van der Waals surface area contributed by atoms with Crippen molar-refractivity contribution in [1.29, 1.82) is 0 Å². The lowest BCUT2D eigenvalue weighted by atomic mass is 10.0. The summed E-state index contributed by atoms with van der Waals surface area (Å²) < 4.78 is 5.84. The van der Waals surface area contributed by atoms with E-state index in [0.717, 1.165) is 28.6 Å². The summed E-state index contributed by atoms with van der Waals surface area (Å²) in [6.45, 7) is 1.39. The van der Waals surface area contributed by atoms with Crippen molar-refractivity contribution in [3.63, 3.8) is 0 Å². The smallest absolute Gasteiger partial charge is 0.289 e. The Balaban J connectivity index is 1.24. The van der Waals surface area contributed by atoms with E-state index in [-0.39, 0.29) is 28.8 Å². The van der Waals surface area contributed by atoms with Gasteiger partial charge in [0.05, 0.1) is 11.8 Å². The van der Waals surface area contributed by atoms with Crippen LogP contribution in [-0.4, -0.2) is 51.7 Å². The van der Waals surface area contributed by atoms with E-state index in [1.807, 2.05) is 54.6 Å². The monoisotopic (exact) mass is 410 g/mol. The molecule has 3 amide bonds. The van der Waals surface area contributed by atoms with Gasteiger partial charge < -0.3 is 9.64 Å². The number of benzene rings is 2. The third-order valence-corrected chi connectivity index (χ3v) is 5.97. The molecule has 2 heterocycles. The van der Waals surface area contributed by atoms with Crippen LogP contribution < -0.4 is 4.74 Å². The molecule has 0 unspecified atom stereocenters. The molecule has 0 saturated carbocycles. The predicted molar refractivity (Wildman–Crippen MR) is 111 cm³/mol. The van der Waals surface area contributed by atoms with Crippen molar-refractivity contribution < 1.29 is 19.1 Å². The van der Waals surface area contributed by atoms with Gasteiger partial charge in [-0.1, -0.05) is 54.2 Å². The van der Waals surface area contributed by atoms with E-state index in [1.54, 1.807) is 4.90 Å². The lowest BCUT2D eigenvalue weighted by molar-refractivity contribution is -0.142. The fourth-order valence-electron chi connectivity index (χ4n) is 3.48. The van der Waals surface area contributed by atoms with Crippen LogP contribution in [0.4, 0.5) is 4.79 Å². The molecule has 0 aliphatic carbocycles. The maximum Gasteiger partial charge on any atom is 0.289 e. The van der Waals surface area contributed by atoms with Gasteiger partial charge in [0.15, 0.2) is 0 Å². The van der Waals surface area contributed by atoms with Gasteiger partial charge in [-0.3, -0.25) is 19.3 Å². The van der Waals surface area contributed by atoms with Gasteiger partial charge in [-0.2, -0.15) is 0 Å². The zero-order valence-corrected chi connectivity index (χ0v) is 16.8. The van der Waals surface area contributed by atoms with Gasteiger partial charge in [0.25, 0.3) is 5.24 Å². The molecule has 2 fully saturated rings. The van der Waals surface area contributed by atoms with Crippen molar-refractivity contribution >= 4 is 28.8 Å². The first-order chi connectivity index (χ1) is 14.1. The Labute approximate surface area is 173 Å². The molecule has 2 aromatic carbocycles. The number of hydrogen-bond acceptors (Lipinski definition) is 5. The van der Waals surface area contributed by atoms with E-state index in [1.165, 1.54) is 4.90 Å². The van der Waals surface area contributed by atoms with Crippen molar-refractivity contribution in [3.05, 3.63) is 65.7 Å². The van der Waals surface area contributed by atoms with Crippen LogP contribution in [0.15, 0.2) is 54.6 Å². The van der Waals surface area contributed by atoms with E-state index in [9.17, 15) is 14.4 Å². The van der Waals surface area contributed by atoms with Crippen molar-refractivity contribution in [1.82, 2.24) is 9.80 Å². The maximum absolute atomic E-state index is 12.4. The molecule has 0 aromatic heterocycles. The van der Waals surface area contributed by atoms with Crippen molar-refractivity contribution in [2.24, 2.45) is 0 Å². The fraction of sp³-hybridized carbons (Fsp3) is 0.318. The standard InChI is InChI=1S/C22H22N2O4S/c25-20(23-12-18(13-23)24-21(26)15-29-22(24)27)10-9-16-7-4-8-19(11-16)28-14-17-5-2-1-3-6-17/h1-8,11,18H,9-10,12-15H2. The summed E-state index contributed by atoms with van der Waals surface area (Å²) in [5.74, 6) is 0.894. The number of thioether (sulfide) groups is 1. The number of carbonyl (C=O) groups is 3. The topological polar surface area (TPSA) is 66.9 Å². The Morgan fingerprint density at radius 3 is 2.52 bits per heavy atom. The molecule has 2 aliphatic heterocycles. The first-order valence-corrected chi connectivity index (χ1v) is 10.6. The normalized spacial score (nSPS) is 16.8. The molecule has 2 aliphatic rings. The summed E-state index contributed by atoms with van der Waals surface area (Å²) in [7, 11) is 0. The summed E-state index contributed by atoms with van der Waals surface area (Å²) in [4.78, 5) is 38.9. The minimum atomic E-state index is -0.195. The van der Waals surface area contributed by atoms with Gasteiger partial charge in [0.2, 0.25) is 11.8 Å². The Morgan fingerprint density at radius 1 is 1.03 bits per heavy atom. The number of likely N-dealkylation sites (tertiary alicyclic amines) is 1. The van der Waals surface area contributed by atoms with Gasteiger partial charge in [-0.25, -0.2) is 0 Å². The third-order valence-electron chi connectivity index (χ3n) is 5.14. The highest BCUT2D eigenvalue weighted by Crippen LogP contribution is 2.26. The number of imide groups is 1. The zero-order valence-electron chi connectivity index (χ0n) is 16.0. The highest BCUT2D eigenvalue weighted by molar-refractivity contribution is 8.14. The van der Waals surface area contributed by atoms with Crippen LogP contribution in [0.2, 0.25) is 0 Å². The largest absolute Gasteiger partial charge is 0.489 e. The van der Waals surface area contributed by atoms with Gasteiger partial charge in [0, 0.05) is 19.5 Å². The van der Waals surface area contributed by atoms with E-state index in [4.69, 9.17) is 4.74 Å². The van der Waals surface area contributed by atoms with Crippen LogP contribution in [0, 0.1) is 0 Å². The summed E-state index contributed by atoms with van der Waals surface area (Å²) in [6, 6.07) is 17.6. The number of amides is 3. The molecule has 0 bridgehead atoms. The van der Waals surface area contributed by atoms with Crippen LogP contribution in [0.1, 0.15) is 17.5 Å². The van der Waals surface area contributed by atoms with E-state index >= 15 is 0 Å². The number of hydrogen-bond donors (Lipinski definition) is 0. The quantitative estimate of drug-likeness (QED) is 0.702. The second-order valence-electron chi connectivity index (χ2n) is 7.19. The number of aryl methyl sites for hydroxylation is 1. The summed E-state index contributed by atoms with van der Waals surface area (Å²) in [5, 5.41) is -0.195. The highest BCUT2D eigenvalue weighted by Gasteiger charge is 2.43. The number of carbonyl (C=O) groups excluding carboxylic acids is 3. The molecule has 150 valence electrons. The number of nitrogens with zero attached hydrogens (tertiary/aromatic N) is 2. The molecule has 0 radical (unpaired) electrons. The fourth-order valence-corrected chi connectivity index (χ4v) is 4.26. The van der Waals surface area contributed by atoms with Crippen LogP contribution in [0.5, 0.6) is 5.75 Å². The molecule has 0 atom stereocenters.